The van der Waals surface area contributed by atoms with E-state index >= 15 is 0 Å². The van der Waals surface area contributed by atoms with E-state index in [1.165, 1.54) is 0 Å². The van der Waals surface area contributed by atoms with Crippen LogP contribution in [0.15, 0.2) is 24.3 Å². The van der Waals surface area contributed by atoms with Crippen molar-refractivity contribution in [2.75, 3.05) is 14.2 Å². The van der Waals surface area contributed by atoms with Gasteiger partial charge in [0, 0.05) is 12.6 Å². The van der Waals surface area contributed by atoms with Gasteiger partial charge in [-0.25, -0.2) is 0 Å². The van der Waals surface area contributed by atoms with Crippen LogP contribution in [-0.4, -0.2) is 45.6 Å². The number of hydrogen-bond donors (Lipinski definition) is 1. The SMILES string of the molecule is COc1ccccc1C(C)N(C)C(=O)c1nn[nH]n1. The van der Waals surface area contributed by atoms with Crippen molar-refractivity contribution in [2.24, 2.45) is 0 Å². The maximum Gasteiger partial charge on any atom is 0.295 e. The first-order valence-electron chi connectivity index (χ1n) is 5.78. The summed E-state index contributed by atoms with van der Waals surface area (Å²) in [5.41, 5.74) is 0.921. The summed E-state index contributed by atoms with van der Waals surface area (Å²) in [5.74, 6) is 0.485. The fraction of sp³-hybridized carbons (Fsp3) is 0.333. The molecule has 0 aliphatic rings. The van der Waals surface area contributed by atoms with E-state index in [1.807, 2.05) is 31.2 Å². The van der Waals surface area contributed by atoms with Gasteiger partial charge in [0.15, 0.2) is 0 Å². The lowest BCUT2D eigenvalue weighted by atomic mass is 10.1. The third-order valence-corrected chi connectivity index (χ3v) is 3.03. The molecule has 0 fully saturated rings. The van der Waals surface area contributed by atoms with E-state index in [0.29, 0.717) is 0 Å². The molecular formula is C12H15N5O2. The van der Waals surface area contributed by atoms with Crippen molar-refractivity contribution in [2.45, 2.75) is 13.0 Å². The molecule has 7 heteroatoms. The highest BCUT2D eigenvalue weighted by atomic mass is 16.5. The Morgan fingerprint density at radius 2 is 2.16 bits per heavy atom. The predicted molar refractivity (Wildman–Crippen MR) is 67.7 cm³/mol. The molecule has 100 valence electrons. The molecule has 7 nitrogen and oxygen atoms in total. The molecule has 1 amide bonds. The van der Waals surface area contributed by atoms with E-state index < -0.39 is 0 Å². The van der Waals surface area contributed by atoms with Gasteiger partial charge in [-0.1, -0.05) is 18.2 Å². The lowest BCUT2D eigenvalue weighted by molar-refractivity contribution is 0.0728. The third kappa shape index (κ3) is 2.54. The van der Waals surface area contributed by atoms with Gasteiger partial charge in [-0.3, -0.25) is 4.79 Å². The normalized spacial score (nSPS) is 11.9. The number of H-pyrrole nitrogens is 1. The quantitative estimate of drug-likeness (QED) is 0.889. The lowest BCUT2D eigenvalue weighted by Crippen LogP contribution is -2.30. The van der Waals surface area contributed by atoms with Crippen LogP contribution in [0.25, 0.3) is 0 Å². The number of para-hydroxylation sites is 1. The Labute approximate surface area is 110 Å². The van der Waals surface area contributed by atoms with Crippen molar-refractivity contribution in [1.29, 1.82) is 0 Å². The molecule has 1 N–H and O–H groups in total. The standard InChI is InChI=1S/C12H15N5O2/c1-8(9-6-4-5-7-10(9)19-3)17(2)12(18)11-13-15-16-14-11/h4-8H,1-3H3,(H,13,14,15,16). The summed E-state index contributed by atoms with van der Waals surface area (Å²) in [6, 6.07) is 7.40. The lowest BCUT2D eigenvalue weighted by Gasteiger charge is -2.25. The van der Waals surface area contributed by atoms with Crippen molar-refractivity contribution in [3.63, 3.8) is 0 Å². The molecule has 0 spiro atoms. The maximum absolute atomic E-state index is 12.1. The van der Waals surface area contributed by atoms with Gasteiger partial charge < -0.3 is 9.64 Å². The van der Waals surface area contributed by atoms with Crippen LogP contribution in [0.4, 0.5) is 0 Å². The molecule has 1 aromatic carbocycles. The molecule has 19 heavy (non-hydrogen) atoms. The molecule has 0 bridgehead atoms. The zero-order valence-corrected chi connectivity index (χ0v) is 11.0. The second-order valence-electron chi connectivity index (χ2n) is 4.07. The number of ether oxygens (including phenoxy) is 1. The highest BCUT2D eigenvalue weighted by molar-refractivity contribution is 5.90. The molecule has 0 aliphatic carbocycles. The number of methoxy groups -OCH3 is 1. The number of benzene rings is 1. The Morgan fingerprint density at radius 3 is 2.79 bits per heavy atom. The number of rotatable bonds is 4. The Morgan fingerprint density at radius 1 is 1.42 bits per heavy atom. The second kappa shape index (κ2) is 5.47. The van der Waals surface area contributed by atoms with Crippen molar-refractivity contribution in [3.8, 4) is 5.75 Å². The minimum atomic E-state index is -0.299. The number of nitrogens with zero attached hydrogens (tertiary/aromatic N) is 4. The average molecular weight is 261 g/mol. The summed E-state index contributed by atoms with van der Waals surface area (Å²) in [5, 5.41) is 13.0. The number of amides is 1. The van der Waals surface area contributed by atoms with Crippen molar-refractivity contribution in [1.82, 2.24) is 25.5 Å². The number of aromatic nitrogens is 4. The van der Waals surface area contributed by atoms with E-state index in [-0.39, 0.29) is 17.8 Å². The first-order chi connectivity index (χ1) is 9.15. The monoisotopic (exact) mass is 261 g/mol. The molecule has 1 atom stereocenters. The number of aromatic amines is 1. The fourth-order valence-corrected chi connectivity index (χ4v) is 1.81. The smallest absolute Gasteiger partial charge is 0.295 e. The molecule has 1 heterocycles. The van der Waals surface area contributed by atoms with Gasteiger partial charge in [0.25, 0.3) is 11.7 Å². The first-order valence-corrected chi connectivity index (χ1v) is 5.78. The third-order valence-electron chi connectivity index (χ3n) is 3.03. The van der Waals surface area contributed by atoms with Gasteiger partial charge in [-0.2, -0.15) is 5.21 Å². The summed E-state index contributed by atoms with van der Waals surface area (Å²) in [7, 11) is 3.29. The molecule has 0 saturated heterocycles. The second-order valence-corrected chi connectivity index (χ2v) is 4.07. The first kappa shape index (κ1) is 13.0. The van der Waals surface area contributed by atoms with E-state index in [0.717, 1.165) is 11.3 Å². The van der Waals surface area contributed by atoms with Gasteiger partial charge in [-0.15, -0.1) is 10.2 Å². The minimum absolute atomic E-state index is 0.0456. The Hall–Kier alpha value is -2.44. The van der Waals surface area contributed by atoms with Crippen LogP contribution < -0.4 is 4.74 Å². The summed E-state index contributed by atoms with van der Waals surface area (Å²) >= 11 is 0. The zero-order chi connectivity index (χ0) is 13.8. The summed E-state index contributed by atoms with van der Waals surface area (Å²) in [6.45, 7) is 1.91. The largest absolute Gasteiger partial charge is 0.496 e. The zero-order valence-electron chi connectivity index (χ0n) is 11.0. The van der Waals surface area contributed by atoms with Gasteiger partial charge in [-0.05, 0) is 18.2 Å². The predicted octanol–water partition coefficient (Wildman–Crippen LogP) is 1.04. The van der Waals surface area contributed by atoms with Crippen LogP contribution in [-0.2, 0) is 0 Å². The van der Waals surface area contributed by atoms with E-state index in [9.17, 15) is 4.79 Å². The number of tetrazole rings is 1. The van der Waals surface area contributed by atoms with Crippen LogP contribution in [0.2, 0.25) is 0 Å². The Kier molecular flexibility index (Phi) is 3.74. The number of nitrogens with one attached hydrogen (secondary N) is 1. The Balaban J connectivity index is 2.23. The van der Waals surface area contributed by atoms with Crippen molar-refractivity contribution >= 4 is 5.91 Å². The maximum atomic E-state index is 12.1. The summed E-state index contributed by atoms with van der Waals surface area (Å²) < 4.78 is 5.30. The van der Waals surface area contributed by atoms with Crippen molar-refractivity contribution < 1.29 is 9.53 Å². The van der Waals surface area contributed by atoms with E-state index in [2.05, 4.69) is 20.6 Å². The molecule has 2 rings (SSSR count). The molecular weight excluding hydrogens is 246 g/mol. The van der Waals surface area contributed by atoms with Gasteiger partial charge in [0.05, 0.1) is 13.2 Å². The molecule has 0 radical (unpaired) electrons. The molecule has 0 aliphatic heterocycles. The summed E-state index contributed by atoms with van der Waals surface area (Å²) in [4.78, 5) is 13.7. The van der Waals surface area contributed by atoms with Crippen LogP contribution in [0.3, 0.4) is 0 Å². The van der Waals surface area contributed by atoms with Crippen LogP contribution >= 0.6 is 0 Å². The summed E-state index contributed by atoms with van der Waals surface area (Å²) in [6.07, 6.45) is 0. The highest BCUT2D eigenvalue weighted by Crippen LogP contribution is 2.28. The molecule has 1 aromatic heterocycles. The van der Waals surface area contributed by atoms with Crippen LogP contribution in [0.1, 0.15) is 29.1 Å². The number of carbonyl (C=O) groups is 1. The Bertz CT molecular complexity index is 555. The molecule has 1 unspecified atom stereocenters. The van der Waals surface area contributed by atoms with Crippen LogP contribution in [0, 0.1) is 0 Å². The van der Waals surface area contributed by atoms with Gasteiger partial charge >= 0.3 is 0 Å². The fourth-order valence-electron chi connectivity index (χ4n) is 1.81. The highest BCUT2D eigenvalue weighted by Gasteiger charge is 2.23. The van der Waals surface area contributed by atoms with Crippen molar-refractivity contribution in [3.05, 3.63) is 35.7 Å². The minimum Gasteiger partial charge on any atom is -0.496 e. The molecule has 2 aromatic rings. The average Bonchev–Trinajstić information content (AvgIpc) is 2.99. The van der Waals surface area contributed by atoms with E-state index in [4.69, 9.17) is 4.74 Å². The van der Waals surface area contributed by atoms with Gasteiger partial charge in [0.2, 0.25) is 0 Å². The van der Waals surface area contributed by atoms with Crippen LogP contribution in [0.5, 0.6) is 5.75 Å². The number of carbonyl (C=O) groups excluding carboxylic acids is 1. The number of hydrogen-bond acceptors (Lipinski definition) is 5. The van der Waals surface area contributed by atoms with E-state index in [1.54, 1.807) is 19.1 Å². The molecule has 0 saturated carbocycles. The van der Waals surface area contributed by atoms with Gasteiger partial charge in [0.1, 0.15) is 5.75 Å². The topological polar surface area (TPSA) is 84.0 Å².